The molecule has 0 aliphatic carbocycles. The van der Waals surface area contributed by atoms with Gasteiger partial charge >= 0.3 is 0 Å². The maximum atomic E-state index is 6.75. The summed E-state index contributed by atoms with van der Waals surface area (Å²) < 4.78 is 26.1. The molecule has 6 heteroatoms. The van der Waals surface area contributed by atoms with Crippen LogP contribution in [0.15, 0.2) is 60.7 Å². The molecule has 0 bridgehead atoms. The number of morpholine rings is 1. The molecule has 0 aromatic heterocycles. The molecule has 2 aromatic carbocycles. The lowest BCUT2D eigenvalue weighted by Gasteiger charge is -2.38. The summed E-state index contributed by atoms with van der Waals surface area (Å²) in [5, 5.41) is 0.171. The Bertz CT molecular complexity index is 948. The van der Waals surface area contributed by atoms with Crippen LogP contribution in [0.5, 0.6) is 0 Å². The highest BCUT2D eigenvalue weighted by Gasteiger charge is 2.66. The molecule has 3 fully saturated rings. The molecule has 0 spiro atoms. The van der Waals surface area contributed by atoms with Gasteiger partial charge in [-0.1, -0.05) is 81.4 Å². The summed E-state index contributed by atoms with van der Waals surface area (Å²) in [6, 6.07) is 21.2. The standard InChI is InChI=1S/C28H39NO4Si/c1-28(2,3)34(4,5)32-19-22-25(30-17-20-12-8-6-9-13-20)27(24-26-23(33-26)16-29(22)24)31-18-21-14-10-7-11-15-21/h6-15,22-27H,16-19H2,1-5H3/t22-,23+,24+,25+,26+,27+/m0/s1. The number of epoxide rings is 1. The van der Waals surface area contributed by atoms with E-state index in [1.165, 1.54) is 11.1 Å². The first-order valence-corrected chi connectivity index (χ1v) is 15.5. The van der Waals surface area contributed by atoms with Crippen molar-refractivity contribution in [3.63, 3.8) is 0 Å². The highest BCUT2D eigenvalue weighted by atomic mass is 28.4. The van der Waals surface area contributed by atoms with E-state index >= 15 is 0 Å². The SMILES string of the molecule is CC(C)(C)[Si](C)(C)OC[C@H]1[C@@H](OCc2ccccc2)[C@H](OCc2ccccc2)[C@H]2[C@@H]3O[C@@H]3CN21. The van der Waals surface area contributed by atoms with Gasteiger partial charge in [0.2, 0.25) is 0 Å². The van der Waals surface area contributed by atoms with Crippen LogP contribution >= 0.6 is 0 Å². The molecule has 0 unspecified atom stereocenters. The van der Waals surface area contributed by atoms with Gasteiger partial charge in [-0.3, -0.25) is 4.90 Å². The zero-order chi connectivity index (χ0) is 23.9. The largest absolute Gasteiger partial charge is 0.415 e. The molecule has 5 rings (SSSR count). The van der Waals surface area contributed by atoms with E-state index in [4.69, 9.17) is 18.6 Å². The van der Waals surface area contributed by atoms with Gasteiger partial charge in [0.1, 0.15) is 18.3 Å². The van der Waals surface area contributed by atoms with Gasteiger partial charge < -0.3 is 18.6 Å². The predicted molar refractivity (Wildman–Crippen MR) is 136 cm³/mol. The van der Waals surface area contributed by atoms with Crippen LogP contribution in [0.2, 0.25) is 18.1 Å². The van der Waals surface area contributed by atoms with E-state index < -0.39 is 8.32 Å². The number of rotatable bonds is 9. The number of nitrogens with zero attached hydrogens (tertiary/aromatic N) is 1. The minimum atomic E-state index is -1.89. The molecule has 0 N–H and O–H groups in total. The lowest BCUT2D eigenvalue weighted by atomic mass is 10.0. The molecule has 3 heterocycles. The average molecular weight is 482 g/mol. The van der Waals surface area contributed by atoms with Crippen LogP contribution < -0.4 is 0 Å². The van der Waals surface area contributed by atoms with Crippen LogP contribution in [-0.2, 0) is 31.9 Å². The highest BCUT2D eigenvalue weighted by Crippen LogP contribution is 2.47. The van der Waals surface area contributed by atoms with Crippen molar-refractivity contribution in [1.29, 1.82) is 0 Å². The third-order valence-corrected chi connectivity index (χ3v) is 12.7. The van der Waals surface area contributed by atoms with E-state index in [0.29, 0.717) is 25.9 Å². The Hall–Kier alpha value is -1.54. The molecule has 2 aromatic rings. The molecular formula is C28H39NO4Si. The van der Waals surface area contributed by atoms with Crippen LogP contribution in [-0.4, -0.2) is 62.9 Å². The van der Waals surface area contributed by atoms with E-state index in [1.807, 2.05) is 12.1 Å². The maximum absolute atomic E-state index is 6.75. The van der Waals surface area contributed by atoms with E-state index in [-0.39, 0.29) is 35.4 Å². The van der Waals surface area contributed by atoms with Crippen molar-refractivity contribution in [3.8, 4) is 0 Å². The summed E-state index contributed by atoms with van der Waals surface area (Å²) in [6.07, 6.45) is 0.470. The fraction of sp³-hybridized carbons (Fsp3) is 0.571. The Kier molecular flexibility index (Phi) is 6.74. The Morgan fingerprint density at radius 1 is 0.882 bits per heavy atom. The summed E-state index contributed by atoms with van der Waals surface area (Å²) in [4.78, 5) is 2.57. The van der Waals surface area contributed by atoms with Crippen molar-refractivity contribution in [2.24, 2.45) is 0 Å². The zero-order valence-electron chi connectivity index (χ0n) is 21.1. The van der Waals surface area contributed by atoms with Crippen LogP contribution in [0.3, 0.4) is 0 Å². The fourth-order valence-electron chi connectivity index (χ4n) is 5.09. The van der Waals surface area contributed by atoms with Gasteiger partial charge in [0.05, 0.1) is 38.0 Å². The first-order chi connectivity index (χ1) is 16.2. The van der Waals surface area contributed by atoms with Crippen molar-refractivity contribution in [2.45, 2.75) is 88.6 Å². The fourth-order valence-corrected chi connectivity index (χ4v) is 6.11. The summed E-state index contributed by atoms with van der Waals surface area (Å²) in [7, 11) is -1.89. The van der Waals surface area contributed by atoms with Crippen LogP contribution in [0.25, 0.3) is 0 Å². The number of hydrogen-bond acceptors (Lipinski definition) is 5. The molecule has 184 valence electrons. The van der Waals surface area contributed by atoms with E-state index in [0.717, 1.165) is 6.54 Å². The highest BCUT2D eigenvalue weighted by molar-refractivity contribution is 6.74. The second-order valence-electron chi connectivity index (χ2n) is 11.5. The predicted octanol–water partition coefficient (Wildman–Crippen LogP) is 5.01. The first-order valence-electron chi connectivity index (χ1n) is 12.6. The lowest BCUT2D eigenvalue weighted by Crippen LogP contribution is -2.48. The molecule has 3 saturated heterocycles. The van der Waals surface area contributed by atoms with Gasteiger partial charge in [-0.2, -0.15) is 0 Å². The summed E-state index contributed by atoms with van der Waals surface area (Å²) in [5.74, 6) is 0. The van der Waals surface area contributed by atoms with E-state index in [9.17, 15) is 0 Å². The number of benzene rings is 2. The molecule has 3 aliphatic rings. The normalized spacial score (nSPS) is 30.9. The second kappa shape index (κ2) is 9.49. The Morgan fingerprint density at radius 3 is 2.00 bits per heavy atom. The van der Waals surface area contributed by atoms with Crippen molar-refractivity contribution in [1.82, 2.24) is 4.90 Å². The third-order valence-electron chi connectivity index (χ3n) is 8.19. The third kappa shape index (κ3) is 4.90. The van der Waals surface area contributed by atoms with Crippen molar-refractivity contribution in [2.75, 3.05) is 13.2 Å². The molecule has 34 heavy (non-hydrogen) atoms. The molecule has 5 nitrogen and oxygen atoms in total. The summed E-state index contributed by atoms with van der Waals surface area (Å²) in [6.45, 7) is 14.3. The lowest BCUT2D eigenvalue weighted by molar-refractivity contribution is -0.0836. The van der Waals surface area contributed by atoms with Crippen LogP contribution in [0, 0.1) is 0 Å². The number of hydrogen-bond donors (Lipinski definition) is 0. The Balaban J connectivity index is 1.37. The van der Waals surface area contributed by atoms with E-state index in [2.05, 4.69) is 87.3 Å². The molecule has 0 amide bonds. The van der Waals surface area contributed by atoms with E-state index in [1.54, 1.807) is 0 Å². The molecule has 6 atom stereocenters. The summed E-state index contributed by atoms with van der Waals surface area (Å²) in [5.41, 5.74) is 2.36. The number of ether oxygens (including phenoxy) is 3. The van der Waals surface area contributed by atoms with Crippen molar-refractivity contribution >= 4 is 8.32 Å². The maximum Gasteiger partial charge on any atom is 0.192 e. The Labute approximate surface area is 205 Å². The molecule has 0 radical (unpaired) electrons. The second-order valence-corrected chi connectivity index (χ2v) is 16.3. The number of fused-ring (bicyclic) bond motifs is 3. The van der Waals surface area contributed by atoms with Gasteiger partial charge in [-0.05, 0) is 29.3 Å². The molecule has 0 saturated carbocycles. The van der Waals surface area contributed by atoms with Gasteiger partial charge in [-0.25, -0.2) is 0 Å². The molecule has 3 aliphatic heterocycles. The summed E-state index contributed by atoms with van der Waals surface area (Å²) >= 11 is 0. The van der Waals surface area contributed by atoms with Gasteiger partial charge in [0, 0.05) is 6.54 Å². The average Bonchev–Trinajstić information content (AvgIpc) is 3.38. The zero-order valence-corrected chi connectivity index (χ0v) is 22.1. The smallest absolute Gasteiger partial charge is 0.192 e. The van der Waals surface area contributed by atoms with Crippen LogP contribution in [0.4, 0.5) is 0 Å². The van der Waals surface area contributed by atoms with Gasteiger partial charge in [0.25, 0.3) is 0 Å². The van der Waals surface area contributed by atoms with Gasteiger partial charge in [0.15, 0.2) is 8.32 Å². The van der Waals surface area contributed by atoms with Gasteiger partial charge in [-0.15, -0.1) is 0 Å². The first kappa shape index (κ1) is 24.2. The van der Waals surface area contributed by atoms with Crippen LogP contribution in [0.1, 0.15) is 31.9 Å². The Morgan fingerprint density at radius 2 is 1.44 bits per heavy atom. The topological polar surface area (TPSA) is 43.5 Å². The van der Waals surface area contributed by atoms with Crippen molar-refractivity contribution in [3.05, 3.63) is 71.8 Å². The molecular weight excluding hydrogens is 442 g/mol. The minimum absolute atomic E-state index is 0.0468. The van der Waals surface area contributed by atoms with Crippen molar-refractivity contribution < 1.29 is 18.6 Å². The monoisotopic (exact) mass is 481 g/mol. The minimum Gasteiger partial charge on any atom is -0.415 e. The quantitative estimate of drug-likeness (QED) is 0.372.